The standard InChI is InChI=1S/C14H11Cl3N2O5S2/c15-8-3-9(16)12(10(17)4-8)26(23,24)19-11(14(21)22)5-18-13(20)7-1-2-25-6-7/h1-4,6,11,19H,5H2,(H,18,20)(H,21,22)/t11-/m1/s1. The quantitative estimate of drug-likeness (QED) is 0.592. The van der Waals surface area contributed by atoms with Crippen molar-refractivity contribution in [2.75, 3.05) is 6.54 Å². The monoisotopic (exact) mass is 456 g/mol. The van der Waals surface area contributed by atoms with Crippen LogP contribution in [0.1, 0.15) is 10.4 Å². The topological polar surface area (TPSA) is 113 Å². The number of aliphatic carboxylic acids is 1. The summed E-state index contributed by atoms with van der Waals surface area (Å²) in [4.78, 5) is 22.8. The Kier molecular flexibility index (Phi) is 6.89. The van der Waals surface area contributed by atoms with Gasteiger partial charge in [0.2, 0.25) is 10.0 Å². The molecule has 3 N–H and O–H groups in total. The predicted molar refractivity (Wildman–Crippen MR) is 99.9 cm³/mol. The molecule has 2 aromatic rings. The van der Waals surface area contributed by atoms with Gasteiger partial charge < -0.3 is 10.4 Å². The van der Waals surface area contributed by atoms with Gasteiger partial charge in [-0.15, -0.1) is 0 Å². The largest absolute Gasteiger partial charge is 0.480 e. The number of carboxylic acid groups (broad SMARTS) is 1. The van der Waals surface area contributed by atoms with Gasteiger partial charge in [0, 0.05) is 22.5 Å². The van der Waals surface area contributed by atoms with E-state index in [1.165, 1.54) is 11.3 Å². The SMILES string of the molecule is O=C(NC[C@@H](NS(=O)(=O)c1c(Cl)cc(Cl)cc1Cl)C(=O)O)c1ccsc1. The smallest absolute Gasteiger partial charge is 0.323 e. The Balaban J connectivity index is 2.19. The first-order valence-corrected chi connectivity index (χ1v) is 10.4. The minimum absolute atomic E-state index is 0.122. The molecule has 0 aliphatic carbocycles. The van der Waals surface area contributed by atoms with Crippen molar-refractivity contribution in [2.24, 2.45) is 0 Å². The van der Waals surface area contributed by atoms with Gasteiger partial charge in [0.05, 0.1) is 10.0 Å². The number of thiophene rings is 1. The van der Waals surface area contributed by atoms with Gasteiger partial charge in [-0.2, -0.15) is 16.1 Å². The second-order valence-electron chi connectivity index (χ2n) is 4.93. The van der Waals surface area contributed by atoms with Crippen molar-refractivity contribution < 1.29 is 23.1 Å². The number of carbonyl (C=O) groups is 2. The zero-order valence-corrected chi connectivity index (χ0v) is 16.6. The lowest BCUT2D eigenvalue weighted by atomic mass is 10.3. The van der Waals surface area contributed by atoms with E-state index in [1.807, 2.05) is 4.72 Å². The number of carbonyl (C=O) groups excluding carboxylic acids is 1. The van der Waals surface area contributed by atoms with Crippen LogP contribution >= 0.6 is 46.1 Å². The molecule has 0 bridgehead atoms. The Bertz CT molecular complexity index is 909. The van der Waals surface area contributed by atoms with Crippen molar-refractivity contribution in [3.05, 3.63) is 49.6 Å². The second-order valence-corrected chi connectivity index (χ2v) is 8.61. The molecule has 1 atom stereocenters. The summed E-state index contributed by atoms with van der Waals surface area (Å²) in [5, 5.41) is 14.4. The highest BCUT2D eigenvalue weighted by Gasteiger charge is 2.29. The van der Waals surface area contributed by atoms with Gasteiger partial charge >= 0.3 is 5.97 Å². The Morgan fingerprint density at radius 1 is 1.19 bits per heavy atom. The third-order valence-electron chi connectivity index (χ3n) is 3.08. The zero-order valence-electron chi connectivity index (χ0n) is 12.7. The molecule has 2 rings (SSSR count). The second kappa shape index (κ2) is 8.55. The Hall–Kier alpha value is -1.36. The van der Waals surface area contributed by atoms with Crippen LogP contribution in [0.2, 0.25) is 15.1 Å². The van der Waals surface area contributed by atoms with Gasteiger partial charge in [-0.3, -0.25) is 9.59 Å². The molecule has 0 aliphatic rings. The first-order valence-electron chi connectivity index (χ1n) is 6.82. The molecule has 1 heterocycles. The van der Waals surface area contributed by atoms with Crippen molar-refractivity contribution >= 4 is 68.0 Å². The lowest BCUT2D eigenvalue weighted by molar-refractivity contribution is -0.138. The molecule has 12 heteroatoms. The first-order chi connectivity index (χ1) is 12.1. The van der Waals surface area contributed by atoms with Crippen LogP contribution in [0.4, 0.5) is 0 Å². The minimum Gasteiger partial charge on any atom is -0.480 e. The average Bonchev–Trinajstić information content (AvgIpc) is 3.03. The summed E-state index contributed by atoms with van der Waals surface area (Å²) < 4.78 is 26.9. The normalized spacial score (nSPS) is 12.6. The third kappa shape index (κ3) is 5.09. The maximum absolute atomic E-state index is 12.5. The van der Waals surface area contributed by atoms with Gasteiger partial charge in [-0.1, -0.05) is 34.8 Å². The van der Waals surface area contributed by atoms with Gasteiger partial charge in [0.1, 0.15) is 10.9 Å². The van der Waals surface area contributed by atoms with Crippen molar-refractivity contribution in [2.45, 2.75) is 10.9 Å². The van der Waals surface area contributed by atoms with Crippen LogP contribution in [0.5, 0.6) is 0 Å². The van der Waals surface area contributed by atoms with Crippen LogP contribution in [-0.4, -0.2) is 38.0 Å². The maximum Gasteiger partial charge on any atom is 0.323 e. The number of rotatable bonds is 7. The van der Waals surface area contributed by atoms with Crippen LogP contribution in [-0.2, 0) is 14.8 Å². The van der Waals surface area contributed by atoms with Crippen molar-refractivity contribution in [1.29, 1.82) is 0 Å². The fourth-order valence-electron chi connectivity index (χ4n) is 1.90. The van der Waals surface area contributed by atoms with Crippen molar-refractivity contribution in [3.63, 3.8) is 0 Å². The molecular weight excluding hydrogens is 447 g/mol. The Morgan fingerprint density at radius 3 is 2.31 bits per heavy atom. The molecule has 0 aliphatic heterocycles. The number of sulfonamides is 1. The molecule has 7 nitrogen and oxygen atoms in total. The lowest BCUT2D eigenvalue weighted by Gasteiger charge is -2.17. The number of carboxylic acids is 1. The molecule has 1 aromatic heterocycles. The summed E-state index contributed by atoms with van der Waals surface area (Å²) in [7, 11) is -4.39. The van der Waals surface area contributed by atoms with Gasteiger partial charge in [0.25, 0.3) is 5.91 Å². The fraction of sp³-hybridized carbons (Fsp3) is 0.143. The van der Waals surface area contributed by atoms with E-state index in [2.05, 4.69) is 5.32 Å². The van der Waals surface area contributed by atoms with Gasteiger partial charge in [-0.05, 0) is 23.6 Å². The van der Waals surface area contributed by atoms with E-state index in [4.69, 9.17) is 34.8 Å². The van der Waals surface area contributed by atoms with E-state index in [1.54, 1.807) is 16.8 Å². The number of hydrogen-bond donors (Lipinski definition) is 3. The predicted octanol–water partition coefficient (Wildman–Crippen LogP) is 2.87. The highest BCUT2D eigenvalue weighted by molar-refractivity contribution is 7.89. The molecule has 0 saturated heterocycles. The molecule has 0 radical (unpaired) electrons. The van der Waals surface area contributed by atoms with Crippen LogP contribution < -0.4 is 10.0 Å². The van der Waals surface area contributed by atoms with Crippen molar-refractivity contribution in [3.8, 4) is 0 Å². The highest BCUT2D eigenvalue weighted by atomic mass is 35.5. The van der Waals surface area contributed by atoms with E-state index >= 15 is 0 Å². The number of nitrogens with one attached hydrogen (secondary N) is 2. The van der Waals surface area contributed by atoms with Crippen LogP contribution in [0.25, 0.3) is 0 Å². The molecular formula is C14H11Cl3N2O5S2. The van der Waals surface area contributed by atoms with Crippen LogP contribution in [0.3, 0.4) is 0 Å². The summed E-state index contributed by atoms with van der Waals surface area (Å²) in [5.74, 6) is -2.01. The van der Waals surface area contributed by atoms with E-state index in [9.17, 15) is 23.1 Å². The summed E-state index contributed by atoms with van der Waals surface area (Å²) in [6, 6.07) is 2.24. The third-order valence-corrected chi connectivity index (χ3v) is 6.37. The fourth-order valence-corrected chi connectivity index (χ4v) is 5.27. The van der Waals surface area contributed by atoms with Crippen molar-refractivity contribution in [1.82, 2.24) is 10.0 Å². The minimum atomic E-state index is -4.39. The van der Waals surface area contributed by atoms with E-state index < -0.39 is 39.4 Å². The molecule has 1 amide bonds. The number of hydrogen-bond acceptors (Lipinski definition) is 5. The number of benzene rings is 1. The van der Waals surface area contributed by atoms with Crippen LogP contribution in [0, 0.1) is 0 Å². The van der Waals surface area contributed by atoms with E-state index in [-0.39, 0.29) is 15.1 Å². The Labute approximate surface area is 167 Å². The molecule has 140 valence electrons. The van der Waals surface area contributed by atoms with E-state index in [0.29, 0.717) is 5.56 Å². The van der Waals surface area contributed by atoms with Crippen LogP contribution in [0.15, 0.2) is 33.9 Å². The first kappa shape index (κ1) is 20.9. The molecule has 26 heavy (non-hydrogen) atoms. The van der Waals surface area contributed by atoms with Gasteiger partial charge in [-0.25, -0.2) is 8.42 Å². The summed E-state index contributed by atoms with van der Waals surface area (Å²) in [5.41, 5.74) is 0.339. The zero-order chi connectivity index (χ0) is 19.5. The lowest BCUT2D eigenvalue weighted by Crippen LogP contribution is -2.48. The molecule has 1 aromatic carbocycles. The summed E-state index contributed by atoms with van der Waals surface area (Å²) in [6.45, 7) is -0.480. The summed E-state index contributed by atoms with van der Waals surface area (Å²) >= 11 is 18.8. The number of halogens is 3. The Morgan fingerprint density at radius 2 is 1.81 bits per heavy atom. The molecule has 0 saturated carbocycles. The average molecular weight is 458 g/mol. The van der Waals surface area contributed by atoms with Gasteiger partial charge in [0.15, 0.2) is 0 Å². The maximum atomic E-state index is 12.5. The highest BCUT2D eigenvalue weighted by Crippen LogP contribution is 2.32. The molecule has 0 spiro atoms. The molecule has 0 fully saturated rings. The number of amides is 1. The molecule has 0 unspecified atom stereocenters. The summed E-state index contributed by atoms with van der Waals surface area (Å²) in [6.07, 6.45) is 0. The van der Waals surface area contributed by atoms with E-state index in [0.717, 1.165) is 12.1 Å².